The predicted molar refractivity (Wildman–Crippen MR) is 82.3 cm³/mol. The molecule has 2 rings (SSSR count). The minimum atomic E-state index is -0.154. The monoisotopic (exact) mass is 278 g/mol. The Balaban J connectivity index is 1.67. The fraction of sp³-hybridized carbons (Fsp3) is 0.647. The molecule has 1 aliphatic rings. The maximum absolute atomic E-state index is 13.2. The van der Waals surface area contributed by atoms with Gasteiger partial charge in [-0.2, -0.15) is 0 Å². The SMILES string of the molecule is CC(NCCCN1CCCCC1C)c1cccc(F)c1. The second kappa shape index (κ2) is 7.75. The van der Waals surface area contributed by atoms with Crippen molar-refractivity contribution in [1.82, 2.24) is 10.2 Å². The van der Waals surface area contributed by atoms with Crippen LogP contribution in [-0.4, -0.2) is 30.6 Å². The fourth-order valence-electron chi connectivity index (χ4n) is 2.98. The van der Waals surface area contributed by atoms with E-state index in [0.29, 0.717) is 0 Å². The molecule has 0 amide bonds. The zero-order valence-corrected chi connectivity index (χ0v) is 12.7. The highest BCUT2D eigenvalue weighted by Crippen LogP contribution is 2.16. The first kappa shape index (κ1) is 15.5. The van der Waals surface area contributed by atoms with E-state index in [9.17, 15) is 4.39 Å². The number of likely N-dealkylation sites (tertiary alicyclic amines) is 1. The molecule has 0 aromatic heterocycles. The minimum absolute atomic E-state index is 0.154. The van der Waals surface area contributed by atoms with Gasteiger partial charge in [0.15, 0.2) is 0 Å². The van der Waals surface area contributed by atoms with Gasteiger partial charge < -0.3 is 10.2 Å². The van der Waals surface area contributed by atoms with Crippen molar-refractivity contribution < 1.29 is 4.39 Å². The highest BCUT2D eigenvalue weighted by molar-refractivity contribution is 5.19. The molecule has 0 bridgehead atoms. The Morgan fingerprint density at radius 1 is 1.40 bits per heavy atom. The van der Waals surface area contributed by atoms with Gasteiger partial charge in [-0.1, -0.05) is 18.6 Å². The van der Waals surface area contributed by atoms with E-state index < -0.39 is 0 Å². The molecule has 1 aromatic rings. The van der Waals surface area contributed by atoms with Crippen molar-refractivity contribution in [3.05, 3.63) is 35.6 Å². The summed E-state index contributed by atoms with van der Waals surface area (Å²) in [6, 6.07) is 7.82. The van der Waals surface area contributed by atoms with Gasteiger partial charge in [-0.05, 0) is 70.4 Å². The van der Waals surface area contributed by atoms with Gasteiger partial charge in [0, 0.05) is 12.1 Å². The first-order valence-corrected chi connectivity index (χ1v) is 7.89. The van der Waals surface area contributed by atoms with Crippen LogP contribution >= 0.6 is 0 Å². The van der Waals surface area contributed by atoms with E-state index in [2.05, 4.69) is 24.1 Å². The maximum Gasteiger partial charge on any atom is 0.123 e. The minimum Gasteiger partial charge on any atom is -0.310 e. The van der Waals surface area contributed by atoms with Gasteiger partial charge in [0.25, 0.3) is 0 Å². The van der Waals surface area contributed by atoms with Crippen LogP contribution < -0.4 is 5.32 Å². The van der Waals surface area contributed by atoms with Crippen LogP contribution in [0.15, 0.2) is 24.3 Å². The van der Waals surface area contributed by atoms with Gasteiger partial charge in [0.1, 0.15) is 5.82 Å². The van der Waals surface area contributed by atoms with Crippen molar-refractivity contribution in [2.45, 2.75) is 51.6 Å². The number of piperidine rings is 1. The lowest BCUT2D eigenvalue weighted by atomic mass is 10.0. The van der Waals surface area contributed by atoms with E-state index >= 15 is 0 Å². The molecule has 0 aliphatic carbocycles. The molecule has 20 heavy (non-hydrogen) atoms. The quantitative estimate of drug-likeness (QED) is 0.797. The number of halogens is 1. The summed E-state index contributed by atoms with van der Waals surface area (Å²) in [6.07, 6.45) is 5.22. The summed E-state index contributed by atoms with van der Waals surface area (Å²) in [5, 5.41) is 3.49. The van der Waals surface area contributed by atoms with E-state index in [-0.39, 0.29) is 11.9 Å². The predicted octanol–water partition coefficient (Wildman–Crippen LogP) is 3.74. The Hall–Kier alpha value is -0.930. The summed E-state index contributed by atoms with van der Waals surface area (Å²) in [7, 11) is 0. The molecular weight excluding hydrogens is 251 g/mol. The molecule has 1 aliphatic heterocycles. The Kier molecular flexibility index (Phi) is 5.99. The van der Waals surface area contributed by atoms with Crippen LogP contribution in [0.25, 0.3) is 0 Å². The number of hydrogen-bond acceptors (Lipinski definition) is 2. The summed E-state index contributed by atoms with van der Waals surface area (Å²) in [6.45, 7) is 7.84. The second-order valence-electron chi connectivity index (χ2n) is 5.97. The molecule has 0 radical (unpaired) electrons. The van der Waals surface area contributed by atoms with Crippen LogP contribution in [0.2, 0.25) is 0 Å². The maximum atomic E-state index is 13.2. The number of nitrogens with one attached hydrogen (secondary N) is 1. The highest BCUT2D eigenvalue weighted by Gasteiger charge is 2.17. The molecule has 112 valence electrons. The van der Waals surface area contributed by atoms with Gasteiger partial charge in [-0.3, -0.25) is 0 Å². The largest absolute Gasteiger partial charge is 0.310 e. The molecule has 0 saturated carbocycles. The van der Waals surface area contributed by atoms with Crippen molar-refractivity contribution in [3.8, 4) is 0 Å². The standard InChI is InChI=1S/C17H27FN2/c1-14-7-3-4-11-20(14)12-6-10-19-15(2)16-8-5-9-17(18)13-16/h5,8-9,13-15,19H,3-4,6-7,10-12H2,1-2H3. The topological polar surface area (TPSA) is 15.3 Å². The van der Waals surface area contributed by atoms with E-state index in [1.807, 2.05) is 6.07 Å². The van der Waals surface area contributed by atoms with Crippen LogP contribution in [0.3, 0.4) is 0 Å². The number of benzene rings is 1. The van der Waals surface area contributed by atoms with Gasteiger partial charge >= 0.3 is 0 Å². The number of nitrogens with zero attached hydrogens (tertiary/aromatic N) is 1. The molecule has 1 heterocycles. The summed E-state index contributed by atoms with van der Waals surface area (Å²) in [5.41, 5.74) is 1.02. The normalized spacial score (nSPS) is 21.9. The average Bonchev–Trinajstić information content (AvgIpc) is 2.45. The third-order valence-corrected chi connectivity index (χ3v) is 4.36. The first-order chi connectivity index (χ1) is 9.66. The lowest BCUT2D eigenvalue weighted by molar-refractivity contribution is 0.158. The third-order valence-electron chi connectivity index (χ3n) is 4.36. The Morgan fingerprint density at radius 3 is 3.00 bits per heavy atom. The lowest BCUT2D eigenvalue weighted by Crippen LogP contribution is -2.39. The number of hydrogen-bond donors (Lipinski definition) is 1. The van der Waals surface area contributed by atoms with Crippen LogP contribution in [0.4, 0.5) is 4.39 Å². The molecule has 1 N–H and O–H groups in total. The van der Waals surface area contributed by atoms with Crippen LogP contribution in [0, 0.1) is 5.82 Å². The molecule has 2 nitrogen and oxygen atoms in total. The van der Waals surface area contributed by atoms with Crippen molar-refractivity contribution in [2.24, 2.45) is 0 Å². The Labute approximate surface area is 122 Å². The second-order valence-corrected chi connectivity index (χ2v) is 5.97. The summed E-state index contributed by atoms with van der Waals surface area (Å²) < 4.78 is 13.2. The summed E-state index contributed by atoms with van der Waals surface area (Å²) >= 11 is 0. The smallest absolute Gasteiger partial charge is 0.123 e. The van der Waals surface area contributed by atoms with Crippen LogP contribution in [0.1, 0.15) is 51.1 Å². The van der Waals surface area contributed by atoms with Gasteiger partial charge in [0.2, 0.25) is 0 Å². The molecule has 1 fully saturated rings. The number of rotatable bonds is 6. The third kappa shape index (κ3) is 4.57. The summed E-state index contributed by atoms with van der Waals surface area (Å²) in [5.74, 6) is -0.154. The van der Waals surface area contributed by atoms with Crippen molar-refractivity contribution in [2.75, 3.05) is 19.6 Å². The van der Waals surface area contributed by atoms with Crippen molar-refractivity contribution in [3.63, 3.8) is 0 Å². The van der Waals surface area contributed by atoms with Gasteiger partial charge in [-0.15, -0.1) is 0 Å². The molecule has 2 atom stereocenters. The fourth-order valence-corrected chi connectivity index (χ4v) is 2.98. The van der Waals surface area contributed by atoms with E-state index in [4.69, 9.17) is 0 Å². The highest BCUT2D eigenvalue weighted by atomic mass is 19.1. The molecule has 1 saturated heterocycles. The van der Waals surface area contributed by atoms with Crippen LogP contribution in [0.5, 0.6) is 0 Å². The molecule has 2 unspecified atom stereocenters. The van der Waals surface area contributed by atoms with E-state index in [0.717, 1.165) is 24.6 Å². The van der Waals surface area contributed by atoms with E-state index in [1.54, 1.807) is 12.1 Å². The van der Waals surface area contributed by atoms with Gasteiger partial charge in [-0.25, -0.2) is 4.39 Å². The summed E-state index contributed by atoms with van der Waals surface area (Å²) in [4.78, 5) is 2.60. The average molecular weight is 278 g/mol. The van der Waals surface area contributed by atoms with Crippen LogP contribution in [-0.2, 0) is 0 Å². The van der Waals surface area contributed by atoms with Crippen molar-refractivity contribution >= 4 is 0 Å². The van der Waals surface area contributed by atoms with Gasteiger partial charge in [0.05, 0.1) is 0 Å². The lowest BCUT2D eigenvalue weighted by Gasteiger charge is -2.33. The Morgan fingerprint density at radius 2 is 2.25 bits per heavy atom. The molecule has 3 heteroatoms. The molecular formula is C17H27FN2. The Bertz CT molecular complexity index is 408. The zero-order valence-electron chi connectivity index (χ0n) is 12.7. The molecule has 1 aromatic carbocycles. The molecule has 0 spiro atoms. The first-order valence-electron chi connectivity index (χ1n) is 7.89. The van der Waals surface area contributed by atoms with Crippen molar-refractivity contribution in [1.29, 1.82) is 0 Å². The van der Waals surface area contributed by atoms with E-state index in [1.165, 1.54) is 38.4 Å². The zero-order chi connectivity index (χ0) is 14.4.